The van der Waals surface area contributed by atoms with Gasteiger partial charge in [0.2, 0.25) is 0 Å². The molecule has 0 saturated carbocycles. The van der Waals surface area contributed by atoms with E-state index >= 15 is 0 Å². The second-order valence-electron chi connectivity index (χ2n) is 9.95. The van der Waals surface area contributed by atoms with Crippen LogP contribution in [0.3, 0.4) is 0 Å². The summed E-state index contributed by atoms with van der Waals surface area (Å²) in [5.74, 6) is -3.89. The van der Waals surface area contributed by atoms with Crippen LogP contribution in [0.5, 0.6) is 0 Å². The van der Waals surface area contributed by atoms with E-state index in [2.05, 4.69) is 15.3 Å². The summed E-state index contributed by atoms with van der Waals surface area (Å²) >= 11 is 0. The van der Waals surface area contributed by atoms with E-state index in [9.17, 15) is 42.6 Å². The molecule has 2 heterocycles. The molecule has 1 unspecified atom stereocenters. The maximum Gasteiger partial charge on any atom is 0.416 e. The van der Waals surface area contributed by atoms with E-state index in [1.165, 1.54) is 35.2 Å². The van der Waals surface area contributed by atoms with Crippen LogP contribution in [0.15, 0.2) is 60.7 Å². The Labute approximate surface area is 241 Å². The van der Waals surface area contributed by atoms with Gasteiger partial charge in [0.05, 0.1) is 22.3 Å². The van der Waals surface area contributed by atoms with Gasteiger partial charge in [-0.25, -0.2) is 19.6 Å². The molecule has 0 radical (unpaired) electrons. The highest BCUT2D eigenvalue weighted by molar-refractivity contribution is 6.13. The number of hydrogen-bond acceptors (Lipinski definition) is 7. The number of amides is 1. The van der Waals surface area contributed by atoms with Crippen LogP contribution in [-0.4, -0.2) is 61.3 Å². The van der Waals surface area contributed by atoms with Crippen molar-refractivity contribution in [3.63, 3.8) is 0 Å². The number of anilines is 2. The van der Waals surface area contributed by atoms with Crippen LogP contribution in [0.4, 0.5) is 24.7 Å². The lowest BCUT2D eigenvalue weighted by molar-refractivity contribution is -0.141. The van der Waals surface area contributed by atoms with Gasteiger partial charge in [-0.2, -0.15) is 13.2 Å². The van der Waals surface area contributed by atoms with Gasteiger partial charge in [-0.1, -0.05) is 24.3 Å². The summed E-state index contributed by atoms with van der Waals surface area (Å²) in [6, 6.07) is 12.1. The number of benzene rings is 3. The second-order valence-corrected chi connectivity index (χ2v) is 9.95. The molecule has 3 N–H and O–H groups in total. The maximum absolute atomic E-state index is 13.6. The van der Waals surface area contributed by atoms with Crippen LogP contribution in [0.2, 0.25) is 0 Å². The number of carbonyl (C=O) groups is 4. The number of nitrogens with zero attached hydrogens (tertiary/aromatic N) is 3. The molecule has 1 saturated heterocycles. The standard InChI is InChI=1S/C30H23F3N4O6/c1-15-4-2-5-19(25(38)16-7-9-17(10-8-16)27(39)37-13-3-6-22(37)28(40)41)23(15)36-26-24(29(42)43)34-20-12-11-18(30(31,32)33)14-21(20)35-26/h2,4-5,7-12,14,22H,3,6,13H2,1H3,(H,35,36)(H,40,41)(H,42,43). The van der Waals surface area contributed by atoms with Crippen molar-refractivity contribution < 1.29 is 42.6 Å². The first kappa shape index (κ1) is 29.2. The highest BCUT2D eigenvalue weighted by Crippen LogP contribution is 2.33. The van der Waals surface area contributed by atoms with Gasteiger partial charge in [0.15, 0.2) is 17.3 Å². The first-order valence-electron chi connectivity index (χ1n) is 13.0. The number of halogens is 3. The highest BCUT2D eigenvalue weighted by Gasteiger charge is 2.34. The van der Waals surface area contributed by atoms with Crippen LogP contribution in [-0.2, 0) is 11.0 Å². The van der Waals surface area contributed by atoms with E-state index < -0.39 is 47.1 Å². The number of para-hydroxylation sites is 1. The number of rotatable bonds is 7. The van der Waals surface area contributed by atoms with Gasteiger partial charge in [-0.3, -0.25) is 9.59 Å². The zero-order valence-corrected chi connectivity index (χ0v) is 22.5. The Morgan fingerprint density at radius 1 is 0.930 bits per heavy atom. The van der Waals surface area contributed by atoms with Gasteiger partial charge < -0.3 is 20.4 Å². The quantitative estimate of drug-likeness (QED) is 0.242. The van der Waals surface area contributed by atoms with Crippen molar-refractivity contribution in [2.24, 2.45) is 0 Å². The normalized spacial score (nSPS) is 15.0. The zero-order valence-electron chi connectivity index (χ0n) is 22.5. The molecular formula is C30H23F3N4O6. The third kappa shape index (κ3) is 5.73. The van der Waals surface area contributed by atoms with Gasteiger partial charge in [0.1, 0.15) is 6.04 Å². The molecule has 5 rings (SSSR count). The van der Waals surface area contributed by atoms with Gasteiger partial charge >= 0.3 is 18.1 Å². The Morgan fingerprint density at radius 3 is 2.28 bits per heavy atom. The van der Waals surface area contributed by atoms with Crippen LogP contribution >= 0.6 is 0 Å². The lowest BCUT2D eigenvalue weighted by Gasteiger charge is -2.21. The van der Waals surface area contributed by atoms with Crippen molar-refractivity contribution in [3.05, 3.63) is 94.2 Å². The number of ketones is 1. The van der Waals surface area contributed by atoms with Gasteiger partial charge in [0.25, 0.3) is 5.91 Å². The minimum Gasteiger partial charge on any atom is -0.480 e. The summed E-state index contributed by atoms with van der Waals surface area (Å²) in [5.41, 5.74) is -0.638. The summed E-state index contributed by atoms with van der Waals surface area (Å²) in [7, 11) is 0. The lowest BCUT2D eigenvalue weighted by Crippen LogP contribution is -2.40. The number of likely N-dealkylation sites (tertiary alicyclic amines) is 1. The molecule has 3 aromatic carbocycles. The average molecular weight is 593 g/mol. The van der Waals surface area contributed by atoms with E-state index in [0.29, 0.717) is 24.9 Å². The summed E-state index contributed by atoms with van der Waals surface area (Å²) in [6.07, 6.45) is -3.73. The number of carboxylic acid groups (broad SMARTS) is 2. The summed E-state index contributed by atoms with van der Waals surface area (Å²) in [6.45, 7) is 1.95. The first-order valence-corrected chi connectivity index (χ1v) is 13.0. The number of alkyl halides is 3. The van der Waals surface area contributed by atoms with Crippen molar-refractivity contribution in [2.75, 3.05) is 11.9 Å². The molecule has 1 amide bonds. The second kappa shape index (κ2) is 11.2. The van der Waals surface area contributed by atoms with Crippen LogP contribution in [0, 0.1) is 6.92 Å². The number of aliphatic carboxylic acids is 1. The predicted molar refractivity (Wildman–Crippen MR) is 148 cm³/mol. The lowest BCUT2D eigenvalue weighted by atomic mass is 9.98. The number of nitrogens with one attached hydrogen (secondary N) is 1. The van der Waals surface area contributed by atoms with E-state index in [1.54, 1.807) is 19.1 Å². The number of carbonyl (C=O) groups excluding carboxylic acids is 2. The Kier molecular flexibility index (Phi) is 7.57. The molecule has 1 fully saturated rings. The number of aromatic carboxylic acids is 1. The molecule has 10 nitrogen and oxygen atoms in total. The topological polar surface area (TPSA) is 150 Å². The van der Waals surface area contributed by atoms with E-state index in [0.717, 1.165) is 18.2 Å². The summed E-state index contributed by atoms with van der Waals surface area (Å²) in [4.78, 5) is 59.4. The van der Waals surface area contributed by atoms with E-state index in [1.807, 2.05) is 0 Å². The molecular weight excluding hydrogens is 569 g/mol. The smallest absolute Gasteiger partial charge is 0.416 e. The van der Waals surface area contributed by atoms with Crippen LogP contribution in [0.25, 0.3) is 11.0 Å². The fourth-order valence-electron chi connectivity index (χ4n) is 4.96. The van der Waals surface area contributed by atoms with E-state index in [4.69, 9.17) is 0 Å². The molecule has 1 aliphatic heterocycles. The van der Waals surface area contributed by atoms with Crippen LogP contribution in [0.1, 0.15) is 60.7 Å². The van der Waals surface area contributed by atoms with Crippen LogP contribution < -0.4 is 5.32 Å². The van der Waals surface area contributed by atoms with Gasteiger partial charge in [-0.05, 0) is 61.7 Å². The average Bonchev–Trinajstić information content (AvgIpc) is 3.47. The van der Waals surface area contributed by atoms with Gasteiger partial charge in [0, 0.05) is 23.2 Å². The predicted octanol–water partition coefficient (Wildman–Crippen LogP) is 5.32. The number of aromatic nitrogens is 2. The van der Waals surface area contributed by atoms with Crippen molar-refractivity contribution in [1.29, 1.82) is 0 Å². The zero-order chi connectivity index (χ0) is 31.1. The molecule has 0 spiro atoms. The molecule has 43 heavy (non-hydrogen) atoms. The van der Waals surface area contributed by atoms with Crippen molar-refractivity contribution >= 4 is 46.2 Å². The minimum atomic E-state index is -4.66. The number of fused-ring (bicyclic) bond motifs is 1. The monoisotopic (exact) mass is 592 g/mol. The summed E-state index contributed by atoms with van der Waals surface area (Å²) in [5, 5.41) is 21.9. The molecule has 1 aromatic heterocycles. The summed E-state index contributed by atoms with van der Waals surface area (Å²) < 4.78 is 39.8. The Bertz CT molecular complexity index is 1790. The first-order chi connectivity index (χ1) is 20.3. The fourth-order valence-corrected chi connectivity index (χ4v) is 4.96. The Hall–Kier alpha value is -5.33. The van der Waals surface area contributed by atoms with Crippen molar-refractivity contribution in [1.82, 2.24) is 14.9 Å². The largest absolute Gasteiger partial charge is 0.480 e. The molecule has 0 bridgehead atoms. The van der Waals surface area contributed by atoms with Gasteiger partial charge in [-0.15, -0.1) is 0 Å². The Balaban J connectivity index is 1.48. The molecule has 220 valence electrons. The SMILES string of the molecule is Cc1cccc(C(=O)c2ccc(C(=O)N3CCCC3C(=O)O)cc2)c1Nc1nc2cc(C(F)(F)F)ccc2nc1C(=O)O. The minimum absolute atomic E-state index is 0.0599. The number of aryl methyl sites for hydroxylation is 1. The molecule has 1 atom stereocenters. The molecule has 4 aromatic rings. The molecule has 13 heteroatoms. The number of carboxylic acids is 2. The Morgan fingerprint density at radius 2 is 1.63 bits per heavy atom. The highest BCUT2D eigenvalue weighted by atomic mass is 19.4. The molecule has 0 aliphatic carbocycles. The number of hydrogen-bond donors (Lipinski definition) is 3. The van der Waals surface area contributed by atoms with Crippen molar-refractivity contribution in [3.8, 4) is 0 Å². The van der Waals surface area contributed by atoms with E-state index in [-0.39, 0.29) is 39.2 Å². The third-order valence-corrected chi connectivity index (χ3v) is 7.15. The third-order valence-electron chi connectivity index (χ3n) is 7.15. The fraction of sp³-hybridized carbons (Fsp3) is 0.200. The maximum atomic E-state index is 13.6. The molecule has 1 aliphatic rings. The van der Waals surface area contributed by atoms with Crippen molar-refractivity contribution in [2.45, 2.75) is 32.0 Å².